The third kappa shape index (κ3) is 2.51. The standard InChI is InChI=1S/C12H19N3O/c1-16-8-7-15(10-4-5-10)12-3-2-6-14-11(12)9-13/h2-3,6,10H,4-5,7-9,13H2,1H3. The minimum atomic E-state index is 0.492. The van der Waals surface area contributed by atoms with Gasteiger partial charge >= 0.3 is 0 Å². The van der Waals surface area contributed by atoms with Gasteiger partial charge in [-0.3, -0.25) is 4.98 Å². The molecule has 1 aromatic rings. The third-order valence-corrected chi connectivity index (χ3v) is 2.89. The molecule has 1 saturated carbocycles. The van der Waals surface area contributed by atoms with Crippen molar-refractivity contribution in [1.29, 1.82) is 0 Å². The Morgan fingerprint density at radius 2 is 2.38 bits per heavy atom. The fraction of sp³-hybridized carbons (Fsp3) is 0.583. The van der Waals surface area contributed by atoms with Gasteiger partial charge in [-0.1, -0.05) is 0 Å². The molecule has 0 aliphatic heterocycles. The Morgan fingerprint density at radius 3 is 3.00 bits per heavy atom. The number of hydrogen-bond acceptors (Lipinski definition) is 4. The molecule has 0 amide bonds. The summed E-state index contributed by atoms with van der Waals surface area (Å²) in [4.78, 5) is 6.70. The normalized spacial score (nSPS) is 15.1. The summed E-state index contributed by atoms with van der Waals surface area (Å²) in [7, 11) is 1.73. The molecule has 2 rings (SSSR count). The molecule has 1 heterocycles. The summed E-state index contributed by atoms with van der Waals surface area (Å²) in [6.07, 6.45) is 4.33. The number of anilines is 1. The molecular weight excluding hydrogens is 202 g/mol. The molecule has 0 saturated heterocycles. The van der Waals surface area contributed by atoms with Crippen molar-refractivity contribution in [3.63, 3.8) is 0 Å². The van der Waals surface area contributed by atoms with Crippen molar-refractivity contribution in [2.45, 2.75) is 25.4 Å². The Balaban J connectivity index is 2.16. The van der Waals surface area contributed by atoms with Crippen LogP contribution in [0.25, 0.3) is 0 Å². The minimum absolute atomic E-state index is 0.492. The van der Waals surface area contributed by atoms with Gasteiger partial charge < -0.3 is 15.4 Å². The fourth-order valence-corrected chi connectivity index (χ4v) is 1.92. The van der Waals surface area contributed by atoms with E-state index in [1.807, 2.05) is 6.07 Å². The second-order valence-corrected chi connectivity index (χ2v) is 4.09. The van der Waals surface area contributed by atoms with E-state index in [1.54, 1.807) is 13.3 Å². The molecule has 1 fully saturated rings. The van der Waals surface area contributed by atoms with Gasteiger partial charge in [0.1, 0.15) is 0 Å². The van der Waals surface area contributed by atoms with Crippen LogP contribution < -0.4 is 10.6 Å². The summed E-state index contributed by atoms with van der Waals surface area (Å²) >= 11 is 0. The Bertz CT molecular complexity index is 339. The number of methoxy groups -OCH3 is 1. The topological polar surface area (TPSA) is 51.4 Å². The van der Waals surface area contributed by atoms with Gasteiger partial charge in [0, 0.05) is 32.4 Å². The van der Waals surface area contributed by atoms with Crippen LogP contribution in [0.15, 0.2) is 18.3 Å². The van der Waals surface area contributed by atoms with Crippen molar-refractivity contribution in [2.75, 3.05) is 25.2 Å². The van der Waals surface area contributed by atoms with E-state index in [0.29, 0.717) is 12.6 Å². The lowest BCUT2D eigenvalue weighted by molar-refractivity contribution is 0.205. The Morgan fingerprint density at radius 1 is 1.56 bits per heavy atom. The highest BCUT2D eigenvalue weighted by atomic mass is 16.5. The number of rotatable bonds is 6. The van der Waals surface area contributed by atoms with Crippen LogP contribution >= 0.6 is 0 Å². The molecule has 88 valence electrons. The molecular formula is C12H19N3O. The number of nitrogens with zero attached hydrogens (tertiary/aromatic N) is 2. The lowest BCUT2D eigenvalue weighted by Crippen LogP contribution is -2.30. The number of aromatic nitrogens is 1. The highest BCUT2D eigenvalue weighted by molar-refractivity contribution is 5.52. The van der Waals surface area contributed by atoms with Gasteiger partial charge in [-0.05, 0) is 25.0 Å². The summed E-state index contributed by atoms with van der Waals surface area (Å²) < 4.78 is 5.15. The molecule has 0 bridgehead atoms. The Hall–Kier alpha value is -1.13. The molecule has 16 heavy (non-hydrogen) atoms. The van der Waals surface area contributed by atoms with Gasteiger partial charge in [0.05, 0.1) is 18.0 Å². The van der Waals surface area contributed by atoms with E-state index in [0.717, 1.165) is 18.8 Å². The molecule has 0 atom stereocenters. The monoisotopic (exact) mass is 221 g/mol. The van der Waals surface area contributed by atoms with Crippen LogP contribution in [0.2, 0.25) is 0 Å². The van der Waals surface area contributed by atoms with Gasteiger partial charge in [0.2, 0.25) is 0 Å². The quantitative estimate of drug-likeness (QED) is 0.783. The smallest absolute Gasteiger partial charge is 0.0772 e. The number of nitrogens with two attached hydrogens (primary N) is 1. The van der Waals surface area contributed by atoms with E-state index in [9.17, 15) is 0 Å². The third-order valence-electron chi connectivity index (χ3n) is 2.89. The lowest BCUT2D eigenvalue weighted by Gasteiger charge is -2.25. The van der Waals surface area contributed by atoms with Crippen LogP contribution in [-0.2, 0) is 11.3 Å². The summed E-state index contributed by atoms with van der Waals surface area (Å²) in [5.41, 5.74) is 7.87. The first-order chi connectivity index (χ1) is 7.86. The van der Waals surface area contributed by atoms with Crippen molar-refractivity contribution in [2.24, 2.45) is 5.73 Å². The fourth-order valence-electron chi connectivity index (χ4n) is 1.92. The largest absolute Gasteiger partial charge is 0.383 e. The SMILES string of the molecule is COCCN(c1cccnc1CN)C1CC1. The van der Waals surface area contributed by atoms with E-state index < -0.39 is 0 Å². The van der Waals surface area contributed by atoms with Crippen LogP contribution in [0.5, 0.6) is 0 Å². The van der Waals surface area contributed by atoms with Crippen molar-refractivity contribution in [3.05, 3.63) is 24.0 Å². The maximum Gasteiger partial charge on any atom is 0.0772 e. The molecule has 0 spiro atoms. The zero-order valence-corrected chi connectivity index (χ0v) is 9.72. The van der Waals surface area contributed by atoms with E-state index in [1.165, 1.54) is 18.5 Å². The van der Waals surface area contributed by atoms with Crippen LogP contribution in [0.4, 0.5) is 5.69 Å². The van der Waals surface area contributed by atoms with E-state index >= 15 is 0 Å². The highest BCUT2D eigenvalue weighted by Crippen LogP contribution is 2.32. The number of hydrogen-bond donors (Lipinski definition) is 1. The van der Waals surface area contributed by atoms with Crippen molar-refractivity contribution >= 4 is 5.69 Å². The van der Waals surface area contributed by atoms with Crippen LogP contribution in [-0.4, -0.2) is 31.3 Å². The molecule has 0 unspecified atom stereocenters. The molecule has 1 aliphatic rings. The van der Waals surface area contributed by atoms with Gasteiger partial charge in [-0.15, -0.1) is 0 Å². The van der Waals surface area contributed by atoms with Gasteiger partial charge in [-0.25, -0.2) is 0 Å². The first kappa shape index (κ1) is 11.4. The van der Waals surface area contributed by atoms with Crippen molar-refractivity contribution in [3.8, 4) is 0 Å². The number of pyridine rings is 1. The van der Waals surface area contributed by atoms with Crippen LogP contribution in [0, 0.1) is 0 Å². The zero-order chi connectivity index (χ0) is 11.4. The van der Waals surface area contributed by atoms with Crippen LogP contribution in [0.3, 0.4) is 0 Å². The molecule has 2 N–H and O–H groups in total. The average molecular weight is 221 g/mol. The Kier molecular flexibility index (Phi) is 3.74. The van der Waals surface area contributed by atoms with E-state index in [2.05, 4.69) is 16.0 Å². The highest BCUT2D eigenvalue weighted by Gasteiger charge is 2.30. The zero-order valence-electron chi connectivity index (χ0n) is 9.72. The summed E-state index contributed by atoms with van der Waals surface area (Å²) in [6.45, 7) is 2.15. The van der Waals surface area contributed by atoms with Gasteiger partial charge in [-0.2, -0.15) is 0 Å². The first-order valence-corrected chi connectivity index (χ1v) is 5.76. The predicted molar refractivity (Wildman–Crippen MR) is 64.4 cm³/mol. The van der Waals surface area contributed by atoms with Crippen molar-refractivity contribution < 1.29 is 4.74 Å². The maximum absolute atomic E-state index is 5.72. The summed E-state index contributed by atoms with van der Waals surface area (Å²) in [5, 5.41) is 0. The second-order valence-electron chi connectivity index (χ2n) is 4.09. The van der Waals surface area contributed by atoms with Crippen LogP contribution in [0.1, 0.15) is 18.5 Å². The second kappa shape index (κ2) is 5.27. The number of ether oxygens (including phenoxy) is 1. The minimum Gasteiger partial charge on any atom is -0.383 e. The predicted octanol–water partition coefficient (Wildman–Crippen LogP) is 1.16. The lowest BCUT2D eigenvalue weighted by atomic mass is 10.2. The molecule has 1 aromatic heterocycles. The van der Waals surface area contributed by atoms with E-state index in [-0.39, 0.29) is 0 Å². The summed E-state index contributed by atoms with van der Waals surface area (Å²) in [6, 6.07) is 4.73. The Labute approximate surface area is 96.4 Å². The molecule has 4 heteroatoms. The van der Waals surface area contributed by atoms with Gasteiger partial charge in [0.15, 0.2) is 0 Å². The molecule has 4 nitrogen and oxygen atoms in total. The molecule has 0 aromatic carbocycles. The first-order valence-electron chi connectivity index (χ1n) is 5.76. The average Bonchev–Trinajstić information content (AvgIpc) is 3.14. The maximum atomic E-state index is 5.72. The molecule has 1 aliphatic carbocycles. The van der Waals surface area contributed by atoms with Crippen molar-refractivity contribution in [1.82, 2.24) is 4.98 Å². The van der Waals surface area contributed by atoms with E-state index in [4.69, 9.17) is 10.5 Å². The van der Waals surface area contributed by atoms with Gasteiger partial charge in [0.25, 0.3) is 0 Å². The summed E-state index contributed by atoms with van der Waals surface area (Å²) in [5.74, 6) is 0. The molecule has 0 radical (unpaired) electrons.